The Morgan fingerprint density at radius 3 is 2.40 bits per heavy atom. The van der Waals surface area contributed by atoms with Crippen LogP contribution in [0.15, 0.2) is 0 Å². The predicted molar refractivity (Wildman–Crippen MR) is 46.0 cm³/mol. The summed E-state index contributed by atoms with van der Waals surface area (Å²) >= 11 is 0. The second-order valence-corrected chi connectivity index (χ2v) is 3.21. The van der Waals surface area contributed by atoms with E-state index in [9.17, 15) is 0 Å². The molecule has 0 aliphatic rings. The summed E-state index contributed by atoms with van der Waals surface area (Å²) in [4.78, 5) is 0. The lowest BCUT2D eigenvalue weighted by Gasteiger charge is -2.12. The van der Waals surface area contributed by atoms with Crippen LogP contribution in [0.25, 0.3) is 0 Å². The van der Waals surface area contributed by atoms with Crippen LogP contribution in [0.3, 0.4) is 0 Å². The second-order valence-electron chi connectivity index (χ2n) is 3.21. The van der Waals surface area contributed by atoms with Gasteiger partial charge >= 0.3 is 0 Å². The van der Waals surface area contributed by atoms with Crippen molar-refractivity contribution in [1.82, 2.24) is 5.32 Å². The second kappa shape index (κ2) is 5.69. The van der Waals surface area contributed by atoms with E-state index >= 15 is 0 Å². The van der Waals surface area contributed by atoms with Crippen LogP contribution >= 0.6 is 0 Å². The van der Waals surface area contributed by atoms with Crippen LogP contribution in [0.4, 0.5) is 0 Å². The van der Waals surface area contributed by atoms with Gasteiger partial charge < -0.3 is 11.1 Å². The van der Waals surface area contributed by atoms with Crippen LogP contribution in [0.5, 0.6) is 0 Å². The van der Waals surface area contributed by atoms with Gasteiger partial charge in [0.15, 0.2) is 0 Å². The fourth-order valence-electron chi connectivity index (χ4n) is 1.14. The van der Waals surface area contributed by atoms with Crippen LogP contribution < -0.4 is 11.1 Å². The monoisotopic (exact) mass is 144 g/mol. The molecule has 0 saturated carbocycles. The molecule has 0 spiro atoms. The van der Waals surface area contributed by atoms with Crippen LogP contribution in [0.1, 0.15) is 26.7 Å². The van der Waals surface area contributed by atoms with Crippen molar-refractivity contribution >= 4 is 0 Å². The first-order valence-electron chi connectivity index (χ1n) is 4.07. The minimum Gasteiger partial charge on any atom is -0.328 e. The molecule has 0 heterocycles. The predicted octanol–water partition coefficient (Wildman–Crippen LogP) is 0.969. The van der Waals surface area contributed by atoms with Crippen molar-refractivity contribution in [2.45, 2.75) is 32.7 Å². The molecule has 2 heteroatoms. The highest BCUT2D eigenvalue weighted by molar-refractivity contribution is 4.61. The van der Waals surface area contributed by atoms with Gasteiger partial charge in [-0.2, -0.15) is 0 Å². The van der Waals surface area contributed by atoms with E-state index in [2.05, 4.69) is 19.2 Å². The van der Waals surface area contributed by atoms with Gasteiger partial charge in [0, 0.05) is 6.04 Å². The molecule has 2 unspecified atom stereocenters. The van der Waals surface area contributed by atoms with E-state index in [1.54, 1.807) is 0 Å². The highest BCUT2D eigenvalue weighted by Gasteiger charge is 2.03. The first kappa shape index (κ1) is 9.92. The smallest absolute Gasteiger partial charge is 0.00130 e. The molecule has 0 aromatic heterocycles. The molecule has 10 heavy (non-hydrogen) atoms. The maximum atomic E-state index is 5.64. The zero-order chi connectivity index (χ0) is 7.98. The summed E-state index contributed by atoms with van der Waals surface area (Å²) in [6.45, 7) is 5.42. The van der Waals surface area contributed by atoms with Gasteiger partial charge in [-0.05, 0) is 39.3 Å². The third kappa shape index (κ3) is 6.05. The minimum absolute atomic E-state index is 0.354. The van der Waals surface area contributed by atoms with Gasteiger partial charge in [0.1, 0.15) is 0 Å². The maximum absolute atomic E-state index is 5.64. The number of nitrogens with two attached hydrogens (primary N) is 1. The molecular formula is C8H20N2. The van der Waals surface area contributed by atoms with E-state index in [0.29, 0.717) is 6.04 Å². The molecule has 0 fully saturated rings. The molecular weight excluding hydrogens is 124 g/mol. The Bertz CT molecular complexity index is 71.7. The molecule has 62 valence electrons. The van der Waals surface area contributed by atoms with E-state index in [4.69, 9.17) is 5.73 Å². The topological polar surface area (TPSA) is 38.0 Å². The molecule has 0 saturated heterocycles. The molecule has 0 amide bonds. The summed E-state index contributed by atoms with van der Waals surface area (Å²) in [6.07, 6.45) is 2.37. The van der Waals surface area contributed by atoms with E-state index in [1.807, 2.05) is 7.05 Å². The fraction of sp³-hybridized carbons (Fsp3) is 1.00. The average Bonchev–Trinajstić information content (AvgIpc) is 1.82. The van der Waals surface area contributed by atoms with Crippen LogP contribution in [-0.2, 0) is 0 Å². The quantitative estimate of drug-likeness (QED) is 0.603. The first-order chi connectivity index (χ1) is 4.66. The van der Waals surface area contributed by atoms with Crippen molar-refractivity contribution in [3.05, 3.63) is 0 Å². The first-order valence-corrected chi connectivity index (χ1v) is 4.07. The Morgan fingerprint density at radius 1 is 1.40 bits per heavy atom. The van der Waals surface area contributed by atoms with Crippen molar-refractivity contribution in [3.63, 3.8) is 0 Å². The molecule has 3 N–H and O–H groups in total. The highest BCUT2D eigenvalue weighted by atomic mass is 14.8. The maximum Gasteiger partial charge on any atom is 0.00130 e. The normalized spacial score (nSPS) is 16.8. The zero-order valence-corrected chi connectivity index (χ0v) is 7.35. The van der Waals surface area contributed by atoms with Crippen LogP contribution in [-0.4, -0.2) is 19.6 Å². The van der Waals surface area contributed by atoms with Crippen LogP contribution in [0, 0.1) is 5.92 Å². The lowest BCUT2D eigenvalue weighted by Crippen LogP contribution is -2.20. The largest absolute Gasteiger partial charge is 0.328 e. The van der Waals surface area contributed by atoms with Crippen LogP contribution in [0.2, 0.25) is 0 Å². The highest BCUT2D eigenvalue weighted by Crippen LogP contribution is 2.07. The number of hydrogen-bond donors (Lipinski definition) is 2. The molecule has 0 aromatic carbocycles. The van der Waals surface area contributed by atoms with Gasteiger partial charge in [0.05, 0.1) is 0 Å². The summed E-state index contributed by atoms with van der Waals surface area (Å²) in [5, 5.41) is 3.13. The van der Waals surface area contributed by atoms with Gasteiger partial charge in [-0.3, -0.25) is 0 Å². The number of rotatable bonds is 5. The summed E-state index contributed by atoms with van der Waals surface area (Å²) in [6, 6.07) is 0.354. The Balaban J connectivity index is 3.16. The van der Waals surface area contributed by atoms with Gasteiger partial charge in [-0.1, -0.05) is 6.92 Å². The summed E-state index contributed by atoms with van der Waals surface area (Å²) < 4.78 is 0. The summed E-state index contributed by atoms with van der Waals surface area (Å²) in [7, 11) is 1.98. The van der Waals surface area contributed by atoms with Gasteiger partial charge in [-0.25, -0.2) is 0 Å². The van der Waals surface area contributed by atoms with E-state index in [1.165, 1.54) is 6.42 Å². The standard InChI is InChI=1S/C8H20N2/c1-7(4-5-10-3)6-8(2)9/h7-8,10H,4-6,9H2,1-3H3. The summed E-state index contributed by atoms with van der Waals surface area (Å²) in [5.74, 6) is 0.757. The van der Waals surface area contributed by atoms with E-state index in [0.717, 1.165) is 18.9 Å². The van der Waals surface area contributed by atoms with Crippen molar-refractivity contribution in [2.24, 2.45) is 11.7 Å². The van der Waals surface area contributed by atoms with Crippen molar-refractivity contribution in [1.29, 1.82) is 0 Å². The molecule has 0 aliphatic heterocycles. The number of nitrogens with one attached hydrogen (secondary N) is 1. The minimum atomic E-state index is 0.354. The fourth-order valence-corrected chi connectivity index (χ4v) is 1.14. The van der Waals surface area contributed by atoms with Gasteiger partial charge in [0.2, 0.25) is 0 Å². The Kier molecular flexibility index (Phi) is 5.64. The van der Waals surface area contributed by atoms with Crippen molar-refractivity contribution in [2.75, 3.05) is 13.6 Å². The molecule has 0 bridgehead atoms. The Hall–Kier alpha value is -0.0800. The van der Waals surface area contributed by atoms with E-state index < -0.39 is 0 Å². The van der Waals surface area contributed by atoms with Gasteiger partial charge in [0.25, 0.3) is 0 Å². The molecule has 0 rings (SSSR count). The van der Waals surface area contributed by atoms with Crippen molar-refractivity contribution in [3.8, 4) is 0 Å². The zero-order valence-electron chi connectivity index (χ0n) is 7.35. The molecule has 0 radical (unpaired) electrons. The Labute approximate surface area is 64.2 Å². The van der Waals surface area contributed by atoms with Crippen molar-refractivity contribution < 1.29 is 0 Å². The Morgan fingerprint density at radius 2 is 2.00 bits per heavy atom. The molecule has 2 nitrogen and oxygen atoms in total. The third-order valence-electron chi connectivity index (χ3n) is 1.66. The molecule has 0 aliphatic carbocycles. The lowest BCUT2D eigenvalue weighted by atomic mass is 10.00. The van der Waals surface area contributed by atoms with Gasteiger partial charge in [-0.15, -0.1) is 0 Å². The lowest BCUT2D eigenvalue weighted by molar-refractivity contribution is 0.445. The molecule has 0 aromatic rings. The SMILES string of the molecule is CNCCC(C)CC(C)N. The third-order valence-corrected chi connectivity index (χ3v) is 1.66. The summed E-state index contributed by atoms with van der Waals surface area (Å²) in [5.41, 5.74) is 5.64. The van der Waals surface area contributed by atoms with E-state index in [-0.39, 0.29) is 0 Å². The average molecular weight is 144 g/mol. The molecule has 2 atom stereocenters. The number of hydrogen-bond acceptors (Lipinski definition) is 2.